The Bertz CT molecular complexity index is 463. The summed E-state index contributed by atoms with van der Waals surface area (Å²) in [6.45, 7) is 0.588. The minimum absolute atomic E-state index is 0.0489. The Labute approximate surface area is 110 Å². The number of nitrogens with zero attached hydrogens (tertiary/aromatic N) is 1. The van der Waals surface area contributed by atoms with E-state index >= 15 is 0 Å². The molecular formula is C13H16N2O4. The smallest absolute Gasteiger partial charge is 0.338 e. The Kier molecular flexibility index (Phi) is 3.99. The summed E-state index contributed by atoms with van der Waals surface area (Å²) in [5.41, 5.74) is -0.114. The summed E-state index contributed by atoms with van der Waals surface area (Å²) in [4.78, 5) is 21.5. The van der Waals surface area contributed by atoms with Crippen LogP contribution in [0.2, 0.25) is 0 Å². The van der Waals surface area contributed by atoms with Crippen LogP contribution in [-0.4, -0.2) is 22.5 Å². The SMILES string of the molecule is O=C(O)c1cccc([N+](=O)[O-])c1NCC1CCCC1. The first-order valence-corrected chi connectivity index (χ1v) is 6.34. The number of carboxylic acid groups (broad SMARTS) is 1. The lowest BCUT2D eigenvalue weighted by molar-refractivity contribution is -0.384. The normalized spacial score (nSPS) is 15.4. The van der Waals surface area contributed by atoms with E-state index in [9.17, 15) is 14.9 Å². The van der Waals surface area contributed by atoms with E-state index in [-0.39, 0.29) is 16.9 Å². The lowest BCUT2D eigenvalue weighted by Crippen LogP contribution is -2.15. The minimum atomic E-state index is -1.15. The first kappa shape index (κ1) is 13.3. The predicted molar refractivity (Wildman–Crippen MR) is 70.5 cm³/mol. The van der Waals surface area contributed by atoms with Crippen molar-refractivity contribution in [2.24, 2.45) is 5.92 Å². The standard InChI is InChI=1S/C13H16N2O4/c16-13(17)10-6-3-7-11(15(18)19)12(10)14-8-9-4-1-2-5-9/h3,6-7,9,14H,1-2,4-5,8H2,(H,16,17). The monoisotopic (exact) mass is 264 g/mol. The number of para-hydroxylation sites is 1. The van der Waals surface area contributed by atoms with Crippen molar-refractivity contribution in [3.05, 3.63) is 33.9 Å². The van der Waals surface area contributed by atoms with Gasteiger partial charge in [-0.3, -0.25) is 10.1 Å². The van der Waals surface area contributed by atoms with Gasteiger partial charge in [-0.1, -0.05) is 18.9 Å². The second-order valence-corrected chi connectivity index (χ2v) is 4.79. The van der Waals surface area contributed by atoms with Crippen molar-refractivity contribution in [2.45, 2.75) is 25.7 Å². The number of hydrogen-bond donors (Lipinski definition) is 2. The van der Waals surface area contributed by atoms with Gasteiger partial charge in [0.1, 0.15) is 5.69 Å². The molecule has 1 fully saturated rings. The number of benzene rings is 1. The molecule has 1 aliphatic rings. The molecule has 102 valence electrons. The second kappa shape index (κ2) is 5.69. The van der Waals surface area contributed by atoms with Gasteiger partial charge in [-0.2, -0.15) is 0 Å². The number of nitrogens with one attached hydrogen (secondary N) is 1. The van der Waals surface area contributed by atoms with Gasteiger partial charge in [-0.05, 0) is 24.8 Å². The lowest BCUT2D eigenvalue weighted by atomic mass is 10.1. The highest BCUT2D eigenvalue weighted by Gasteiger charge is 2.22. The maximum Gasteiger partial charge on any atom is 0.338 e. The maximum absolute atomic E-state index is 11.1. The molecule has 0 amide bonds. The van der Waals surface area contributed by atoms with Crippen molar-refractivity contribution in [1.29, 1.82) is 0 Å². The third-order valence-corrected chi connectivity index (χ3v) is 3.51. The highest BCUT2D eigenvalue weighted by atomic mass is 16.6. The highest BCUT2D eigenvalue weighted by Crippen LogP contribution is 2.30. The van der Waals surface area contributed by atoms with Crippen LogP contribution in [0, 0.1) is 16.0 Å². The molecular weight excluding hydrogens is 248 g/mol. The third kappa shape index (κ3) is 3.01. The fraction of sp³-hybridized carbons (Fsp3) is 0.462. The molecule has 0 atom stereocenters. The molecule has 6 nitrogen and oxygen atoms in total. The van der Waals surface area contributed by atoms with E-state index in [4.69, 9.17) is 5.11 Å². The molecule has 0 spiro atoms. The first-order valence-electron chi connectivity index (χ1n) is 6.34. The van der Waals surface area contributed by atoms with Crippen LogP contribution in [0.1, 0.15) is 36.0 Å². The molecule has 0 heterocycles. The quantitative estimate of drug-likeness (QED) is 0.630. The van der Waals surface area contributed by atoms with Gasteiger partial charge in [0.15, 0.2) is 0 Å². The Hall–Kier alpha value is -2.11. The number of nitro groups is 1. The molecule has 2 rings (SSSR count). The summed E-state index contributed by atoms with van der Waals surface area (Å²) in [6.07, 6.45) is 4.54. The van der Waals surface area contributed by atoms with E-state index in [1.54, 1.807) is 0 Å². The van der Waals surface area contributed by atoms with Gasteiger partial charge < -0.3 is 10.4 Å². The molecule has 6 heteroatoms. The second-order valence-electron chi connectivity index (χ2n) is 4.79. The lowest BCUT2D eigenvalue weighted by Gasteiger charge is -2.13. The zero-order chi connectivity index (χ0) is 13.8. The van der Waals surface area contributed by atoms with Crippen LogP contribution in [-0.2, 0) is 0 Å². The van der Waals surface area contributed by atoms with E-state index in [2.05, 4.69) is 5.32 Å². The van der Waals surface area contributed by atoms with Crippen molar-refractivity contribution < 1.29 is 14.8 Å². The van der Waals surface area contributed by atoms with Crippen molar-refractivity contribution in [2.75, 3.05) is 11.9 Å². The number of rotatable bonds is 5. The molecule has 2 N–H and O–H groups in total. The summed E-state index contributed by atoms with van der Waals surface area (Å²) in [5, 5.41) is 23.0. The van der Waals surface area contributed by atoms with E-state index in [1.807, 2.05) is 0 Å². The molecule has 0 unspecified atom stereocenters. The van der Waals surface area contributed by atoms with Gasteiger partial charge in [0, 0.05) is 12.6 Å². The number of hydrogen-bond acceptors (Lipinski definition) is 4. The van der Waals surface area contributed by atoms with E-state index in [1.165, 1.54) is 31.0 Å². The summed E-state index contributed by atoms with van der Waals surface area (Å²) in [6, 6.07) is 4.10. The van der Waals surface area contributed by atoms with Crippen LogP contribution >= 0.6 is 0 Å². The Morgan fingerprint density at radius 2 is 2.11 bits per heavy atom. The van der Waals surface area contributed by atoms with Crippen molar-refractivity contribution in [3.63, 3.8) is 0 Å². The topological polar surface area (TPSA) is 92.5 Å². The molecule has 1 aliphatic carbocycles. The van der Waals surface area contributed by atoms with Crippen LogP contribution in [0.15, 0.2) is 18.2 Å². The molecule has 1 aromatic carbocycles. The van der Waals surface area contributed by atoms with Crippen LogP contribution < -0.4 is 5.32 Å². The molecule has 0 aliphatic heterocycles. The van der Waals surface area contributed by atoms with Crippen LogP contribution in [0.25, 0.3) is 0 Å². The molecule has 1 aromatic rings. The summed E-state index contributed by atoms with van der Waals surface area (Å²) in [7, 11) is 0. The molecule has 1 saturated carbocycles. The molecule has 0 bridgehead atoms. The van der Waals surface area contributed by atoms with E-state index < -0.39 is 10.9 Å². The van der Waals surface area contributed by atoms with E-state index in [0.717, 1.165) is 12.8 Å². The molecule has 0 aromatic heterocycles. The Morgan fingerprint density at radius 3 is 2.68 bits per heavy atom. The van der Waals surface area contributed by atoms with Crippen LogP contribution in [0.5, 0.6) is 0 Å². The van der Waals surface area contributed by atoms with Crippen molar-refractivity contribution >= 4 is 17.3 Å². The molecule has 0 saturated heterocycles. The molecule has 0 radical (unpaired) electrons. The van der Waals surface area contributed by atoms with Gasteiger partial charge in [0.2, 0.25) is 0 Å². The Balaban J connectivity index is 2.23. The zero-order valence-corrected chi connectivity index (χ0v) is 10.5. The van der Waals surface area contributed by atoms with E-state index in [0.29, 0.717) is 12.5 Å². The van der Waals surface area contributed by atoms with Crippen molar-refractivity contribution in [3.8, 4) is 0 Å². The fourth-order valence-electron chi connectivity index (χ4n) is 2.52. The van der Waals surface area contributed by atoms with Crippen LogP contribution in [0.3, 0.4) is 0 Å². The number of aromatic carboxylic acids is 1. The Morgan fingerprint density at radius 1 is 1.42 bits per heavy atom. The highest BCUT2D eigenvalue weighted by molar-refractivity contribution is 5.96. The van der Waals surface area contributed by atoms with Gasteiger partial charge in [0.05, 0.1) is 10.5 Å². The number of carbonyl (C=O) groups is 1. The largest absolute Gasteiger partial charge is 0.478 e. The number of nitro benzene ring substituents is 1. The zero-order valence-electron chi connectivity index (χ0n) is 10.5. The summed E-state index contributed by atoms with van der Waals surface area (Å²) >= 11 is 0. The first-order chi connectivity index (χ1) is 9.09. The van der Waals surface area contributed by atoms with Gasteiger partial charge in [-0.25, -0.2) is 4.79 Å². The van der Waals surface area contributed by atoms with Gasteiger partial charge >= 0.3 is 5.97 Å². The third-order valence-electron chi connectivity index (χ3n) is 3.51. The van der Waals surface area contributed by atoms with Crippen LogP contribution in [0.4, 0.5) is 11.4 Å². The summed E-state index contributed by atoms with van der Waals surface area (Å²) < 4.78 is 0. The fourth-order valence-corrected chi connectivity index (χ4v) is 2.52. The number of carboxylic acids is 1. The minimum Gasteiger partial charge on any atom is -0.478 e. The van der Waals surface area contributed by atoms with Gasteiger partial charge in [-0.15, -0.1) is 0 Å². The summed E-state index contributed by atoms with van der Waals surface area (Å²) in [5.74, 6) is -0.681. The maximum atomic E-state index is 11.1. The van der Waals surface area contributed by atoms with Crippen molar-refractivity contribution in [1.82, 2.24) is 0 Å². The van der Waals surface area contributed by atoms with Gasteiger partial charge in [0.25, 0.3) is 5.69 Å². The average molecular weight is 264 g/mol. The predicted octanol–water partition coefficient (Wildman–Crippen LogP) is 2.90. The average Bonchev–Trinajstić information content (AvgIpc) is 2.88. The molecule has 19 heavy (non-hydrogen) atoms. The number of anilines is 1.